The van der Waals surface area contributed by atoms with Gasteiger partial charge in [0.2, 0.25) is 11.8 Å². The number of methoxy groups -OCH3 is 1. The molecule has 0 saturated carbocycles. The van der Waals surface area contributed by atoms with E-state index >= 15 is 0 Å². The quantitative estimate of drug-likeness (QED) is 0.416. The number of aromatic nitrogens is 2. The number of carbonyl (C=O) groups is 2. The van der Waals surface area contributed by atoms with Gasteiger partial charge in [-0.25, -0.2) is 0 Å². The molecule has 1 atom stereocenters. The molecule has 0 spiro atoms. The minimum Gasteiger partial charge on any atom is -0.477 e. The molecule has 2 heterocycles. The number of halogens is 3. The number of nitrogens with one attached hydrogen (secondary N) is 1. The standard InChI is InChI=1S/C24H30F3N3O5/c1-15(2)20(31)13-18-12-17(8-9-28-18)16(3)29-22(32)19-6-7-21(35-14-24(25,26)27)30-23(19)34-11-5-10-33-4/h6-9,12,15-16H,5,10-11,13-14H2,1-4H3,(H,29,32). The lowest BCUT2D eigenvalue weighted by Crippen LogP contribution is -2.28. The van der Waals surface area contributed by atoms with Crippen LogP contribution >= 0.6 is 0 Å². The fourth-order valence-corrected chi connectivity index (χ4v) is 2.92. The number of alkyl halides is 3. The van der Waals surface area contributed by atoms with Crippen LogP contribution in [0.4, 0.5) is 13.2 Å². The molecule has 1 N–H and O–H groups in total. The number of rotatable bonds is 13. The molecule has 11 heteroatoms. The minimum atomic E-state index is -4.53. The van der Waals surface area contributed by atoms with E-state index in [4.69, 9.17) is 9.47 Å². The van der Waals surface area contributed by atoms with Gasteiger partial charge in [-0.2, -0.15) is 18.2 Å². The topological polar surface area (TPSA) is 99.6 Å². The molecule has 2 rings (SSSR count). The molecule has 2 aromatic heterocycles. The maximum Gasteiger partial charge on any atom is 0.422 e. The van der Waals surface area contributed by atoms with Crippen LogP contribution in [0.15, 0.2) is 30.5 Å². The van der Waals surface area contributed by atoms with E-state index in [2.05, 4.69) is 20.0 Å². The molecule has 2 aromatic rings. The van der Waals surface area contributed by atoms with Crippen molar-refractivity contribution in [3.05, 3.63) is 47.3 Å². The average Bonchev–Trinajstić information content (AvgIpc) is 2.80. The van der Waals surface area contributed by atoms with Crippen molar-refractivity contribution in [3.63, 3.8) is 0 Å². The van der Waals surface area contributed by atoms with E-state index in [-0.39, 0.29) is 42.1 Å². The number of pyridine rings is 2. The van der Waals surface area contributed by atoms with Gasteiger partial charge in [0, 0.05) is 50.4 Å². The van der Waals surface area contributed by atoms with Crippen LogP contribution in [0.1, 0.15) is 54.8 Å². The molecule has 0 aliphatic heterocycles. The number of amides is 1. The first-order valence-electron chi connectivity index (χ1n) is 11.1. The lowest BCUT2D eigenvalue weighted by Gasteiger charge is -2.17. The summed E-state index contributed by atoms with van der Waals surface area (Å²) in [4.78, 5) is 33.2. The monoisotopic (exact) mass is 497 g/mol. The zero-order chi connectivity index (χ0) is 26.0. The second-order valence-electron chi connectivity index (χ2n) is 8.17. The van der Waals surface area contributed by atoms with Crippen molar-refractivity contribution in [2.45, 2.75) is 45.8 Å². The number of hydrogen-bond donors (Lipinski definition) is 1. The molecule has 192 valence electrons. The fourth-order valence-electron chi connectivity index (χ4n) is 2.92. The highest BCUT2D eigenvalue weighted by molar-refractivity contribution is 5.96. The molecule has 0 aliphatic carbocycles. The lowest BCUT2D eigenvalue weighted by molar-refractivity contribution is -0.154. The molecule has 1 amide bonds. The van der Waals surface area contributed by atoms with Crippen molar-refractivity contribution in [1.29, 1.82) is 0 Å². The number of Topliss-reactive ketones (excluding diaryl/α,β-unsaturated/α-hetero) is 1. The largest absolute Gasteiger partial charge is 0.477 e. The normalized spacial score (nSPS) is 12.3. The van der Waals surface area contributed by atoms with Crippen LogP contribution < -0.4 is 14.8 Å². The maximum atomic E-state index is 13.0. The van der Waals surface area contributed by atoms with Crippen molar-refractivity contribution in [1.82, 2.24) is 15.3 Å². The number of nitrogens with zero attached hydrogens (tertiary/aromatic N) is 2. The van der Waals surface area contributed by atoms with E-state index in [1.54, 1.807) is 25.3 Å². The van der Waals surface area contributed by atoms with Crippen LogP contribution in [-0.2, 0) is 16.0 Å². The summed E-state index contributed by atoms with van der Waals surface area (Å²) in [5.74, 6) is -1.06. The van der Waals surface area contributed by atoms with Crippen molar-refractivity contribution in [3.8, 4) is 11.8 Å². The summed E-state index contributed by atoms with van der Waals surface area (Å²) in [6.45, 7) is 4.41. The molecule has 0 bridgehead atoms. The first kappa shape index (κ1) is 28.0. The Morgan fingerprint density at radius 1 is 1.09 bits per heavy atom. The highest BCUT2D eigenvalue weighted by atomic mass is 19.4. The Morgan fingerprint density at radius 3 is 2.49 bits per heavy atom. The Bertz CT molecular complexity index is 999. The second-order valence-corrected chi connectivity index (χ2v) is 8.17. The van der Waals surface area contributed by atoms with E-state index in [0.717, 1.165) is 5.56 Å². The fraction of sp³-hybridized carbons (Fsp3) is 0.500. The molecule has 0 saturated heterocycles. The summed E-state index contributed by atoms with van der Waals surface area (Å²) in [6, 6.07) is 5.49. The SMILES string of the molecule is COCCCOc1nc(OCC(F)(F)F)ccc1C(=O)NC(C)c1ccnc(CC(=O)C(C)C)c1. The smallest absolute Gasteiger partial charge is 0.422 e. The van der Waals surface area contributed by atoms with E-state index < -0.39 is 24.7 Å². The van der Waals surface area contributed by atoms with Crippen molar-refractivity contribution in [2.24, 2.45) is 5.92 Å². The van der Waals surface area contributed by atoms with E-state index in [0.29, 0.717) is 18.7 Å². The van der Waals surface area contributed by atoms with Gasteiger partial charge in [-0.1, -0.05) is 13.8 Å². The van der Waals surface area contributed by atoms with E-state index in [1.807, 2.05) is 13.8 Å². The van der Waals surface area contributed by atoms with Gasteiger partial charge in [0.05, 0.1) is 12.6 Å². The molecule has 8 nitrogen and oxygen atoms in total. The van der Waals surface area contributed by atoms with Gasteiger partial charge >= 0.3 is 6.18 Å². The third-order valence-corrected chi connectivity index (χ3v) is 4.88. The Labute approximate surface area is 202 Å². The average molecular weight is 498 g/mol. The summed E-state index contributed by atoms with van der Waals surface area (Å²) in [6.07, 6.45) is -2.29. The van der Waals surface area contributed by atoms with Gasteiger partial charge in [0.25, 0.3) is 5.91 Å². The maximum absolute atomic E-state index is 13.0. The molecule has 0 fully saturated rings. The van der Waals surface area contributed by atoms with Crippen LogP contribution in [0, 0.1) is 5.92 Å². The van der Waals surface area contributed by atoms with Crippen LogP contribution in [0.25, 0.3) is 0 Å². The van der Waals surface area contributed by atoms with Crippen LogP contribution in [0.3, 0.4) is 0 Å². The summed E-state index contributed by atoms with van der Waals surface area (Å²) in [5, 5.41) is 2.82. The van der Waals surface area contributed by atoms with Crippen LogP contribution in [-0.4, -0.2) is 54.8 Å². The second kappa shape index (κ2) is 13.0. The Balaban J connectivity index is 2.17. The van der Waals surface area contributed by atoms with Gasteiger partial charge < -0.3 is 19.5 Å². The third kappa shape index (κ3) is 9.51. The highest BCUT2D eigenvalue weighted by Crippen LogP contribution is 2.24. The zero-order valence-corrected chi connectivity index (χ0v) is 20.1. The van der Waals surface area contributed by atoms with E-state index in [9.17, 15) is 22.8 Å². The summed E-state index contributed by atoms with van der Waals surface area (Å²) < 4.78 is 52.7. The van der Waals surface area contributed by atoms with Gasteiger partial charge in [-0.05, 0) is 30.7 Å². The summed E-state index contributed by atoms with van der Waals surface area (Å²) >= 11 is 0. The number of ketones is 1. The first-order valence-corrected chi connectivity index (χ1v) is 11.1. The van der Waals surface area contributed by atoms with Crippen LogP contribution in [0.2, 0.25) is 0 Å². The predicted octanol–water partition coefficient (Wildman–Crippen LogP) is 4.09. The Hall–Kier alpha value is -3.21. The summed E-state index contributed by atoms with van der Waals surface area (Å²) in [5.41, 5.74) is 1.37. The molecular weight excluding hydrogens is 467 g/mol. The molecule has 0 aliphatic rings. The number of ether oxygens (including phenoxy) is 3. The first-order chi connectivity index (χ1) is 16.5. The Morgan fingerprint density at radius 2 is 1.83 bits per heavy atom. The van der Waals surface area contributed by atoms with Crippen molar-refractivity contribution < 1.29 is 37.0 Å². The molecular formula is C24H30F3N3O5. The number of hydrogen-bond acceptors (Lipinski definition) is 7. The van der Waals surface area contributed by atoms with E-state index in [1.165, 1.54) is 19.2 Å². The van der Waals surface area contributed by atoms with Gasteiger partial charge in [0.15, 0.2) is 6.61 Å². The molecule has 35 heavy (non-hydrogen) atoms. The molecule has 0 radical (unpaired) electrons. The summed E-state index contributed by atoms with van der Waals surface area (Å²) in [7, 11) is 1.52. The molecule has 1 unspecified atom stereocenters. The molecule has 0 aromatic carbocycles. The number of carbonyl (C=O) groups excluding carboxylic acids is 2. The van der Waals surface area contributed by atoms with Crippen molar-refractivity contribution >= 4 is 11.7 Å². The van der Waals surface area contributed by atoms with Gasteiger partial charge in [-0.15, -0.1) is 0 Å². The Kier molecular flexibility index (Phi) is 10.4. The van der Waals surface area contributed by atoms with Crippen molar-refractivity contribution in [2.75, 3.05) is 26.9 Å². The minimum absolute atomic E-state index is 0.0397. The van der Waals surface area contributed by atoms with Crippen LogP contribution in [0.5, 0.6) is 11.8 Å². The van der Waals surface area contributed by atoms with Gasteiger partial charge in [0.1, 0.15) is 11.3 Å². The highest BCUT2D eigenvalue weighted by Gasteiger charge is 2.29. The third-order valence-electron chi connectivity index (χ3n) is 4.88. The predicted molar refractivity (Wildman–Crippen MR) is 121 cm³/mol. The van der Waals surface area contributed by atoms with Gasteiger partial charge in [-0.3, -0.25) is 14.6 Å². The lowest BCUT2D eigenvalue weighted by atomic mass is 10.0. The zero-order valence-electron chi connectivity index (χ0n) is 20.1.